The number of anilines is 1. The van der Waals surface area contributed by atoms with Gasteiger partial charge in [-0.25, -0.2) is 13.2 Å². The number of hydrogen-bond acceptors (Lipinski definition) is 3. The second-order valence-electron chi connectivity index (χ2n) is 4.02. The average Bonchev–Trinajstić information content (AvgIpc) is 2.27. The third-order valence-electron chi connectivity index (χ3n) is 2.55. The molecule has 1 aromatic carbocycles. The number of aliphatic hydroxyl groups excluding tert-OH is 1. The molecule has 0 spiro atoms. The van der Waals surface area contributed by atoms with E-state index in [1.807, 2.05) is 0 Å². The highest BCUT2D eigenvalue weighted by atomic mass is 19.3. The summed E-state index contributed by atoms with van der Waals surface area (Å²) in [6.45, 7) is 0.736. The first kappa shape index (κ1) is 14.8. The zero-order valence-corrected chi connectivity index (χ0v) is 10.1. The monoisotopic (exact) mass is 262 g/mol. The normalized spacial score (nSPS) is 12.8. The van der Waals surface area contributed by atoms with Gasteiger partial charge in [-0.05, 0) is 19.1 Å². The van der Waals surface area contributed by atoms with Gasteiger partial charge in [-0.2, -0.15) is 0 Å². The Hall–Kier alpha value is -1.27. The van der Waals surface area contributed by atoms with Crippen LogP contribution in [0.5, 0.6) is 0 Å². The van der Waals surface area contributed by atoms with E-state index in [-0.39, 0.29) is 18.7 Å². The zero-order chi connectivity index (χ0) is 13.7. The Kier molecular flexibility index (Phi) is 5.43. The van der Waals surface area contributed by atoms with E-state index in [1.165, 1.54) is 23.1 Å². The second-order valence-corrected chi connectivity index (χ2v) is 4.02. The van der Waals surface area contributed by atoms with Gasteiger partial charge in [0, 0.05) is 23.8 Å². The van der Waals surface area contributed by atoms with Crippen LogP contribution in [0.1, 0.15) is 18.5 Å². The summed E-state index contributed by atoms with van der Waals surface area (Å²) >= 11 is 0. The lowest BCUT2D eigenvalue weighted by Gasteiger charge is -2.27. The van der Waals surface area contributed by atoms with E-state index >= 15 is 0 Å². The molecule has 0 radical (unpaired) electrons. The van der Waals surface area contributed by atoms with Crippen LogP contribution in [0, 0.1) is 5.82 Å². The van der Waals surface area contributed by atoms with E-state index in [0.717, 1.165) is 0 Å². The van der Waals surface area contributed by atoms with Crippen LogP contribution in [0.3, 0.4) is 0 Å². The van der Waals surface area contributed by atoms with Crippen LogP contribution in [0.25, 0.3) is 0 Å². The Morgan fingerprint density at radius 3 is 2.56 bits per heavy atom. The highest BCUT2D eigenvalue weighted by Crippen LogP contribution is 2.28. The minimum absolute atomic E-state index is 0.00745. The molecule has 0 amide bonds. The Morgan fingerprint density at radius 2 is 2.06 bits per heavy atom. The number of rotatable bonds is 6. The standard InChI is InChI=1S/C12H17F3N2O/c1-8(16)12-9(13)3-2-4-10(12)17(5-6-18)7-11(14)15/h2-4,8,11,18H,5-7,16H2,1H3/t8-/m1/s1. The lowest BCUT2D eigenvalue weighted by molar-refractivity contribution is 0.152. The average molecular weight is 262 g/mol. The highest BCUT2D eigenvalue weighted by molar-refractivity contribution is 5.55. The van der Waals surface area contributed by atoms with Crippen molar-refractivity contribution in [1.82, 2.24) is 0 Å². The van der Waals surface area contributed by atoms with Crippen LogP contribution in [-0.2, 0) is 0 Å². The quantitative estimate of drug-likeness (QED) is 0.823. The molecule has 102 valence electrons. The van der Waals surface area contributed by atoms with E-state index in [9.17, 15) is 13.2 Å². The molecular weight excluding hydrogens is 245 g/mol. The smallest absolute Gasteiger partial charge is 0.255 e. The summed E-state index contributed by atoms with van der Waals surface area (Å²) in [4.78, 5) is 1.24. The molecule has 0 aromatic heterocycles. The molecule has 0 fully saturated rings. The van der Waals surface area contributed by atoms with Gasteiger partial charge in [0.05, 0.1) is 13.2 Å². The van der Waals surface area contributed by atoms with Crippen molar-refractivity contribution in [2.45, 2.75) is 19.4 Å². The molecule has 0 saturated carbocycles. The molecule has 0 aliphatic rings. The minimum atomic E-state index is -2.57. The van der Waals surface area contributed by atoms with Crippen molar-refractivity contribution in [2.24, 2.45) is 5.73 Å². The van der Waals surface area contributed by atoms with Crippen LogP contribution >= 0.6 is 0 Å². The first-order valence-electron chi connectivity index (χ1n) is 5.65. The number of benzene rings is 1. The molecule has 1 atom stereocenters. The first-order valence-corrected chi connectivity index (χ1v) is 5.65. The molecule has 0 bridgehead atoms. The maximum atomic E-state index is 13.7. The number of alkyl halides is 2. The SMILES string of the molecule is C[C@@H](N)c1c(F)cccc1N(CCO)CC(F)F. The van der Waals surface area contributed by atoms with E-state index < -0.39 is 24.8 Å². The number of halogens is 3. The minimum Gasteiger partial charge on any atom is -0.395 e. The fourth-order valence-electron chi connectivity index (χ4n) is 1.85. The van der Waals surface area contributed by atoms with E-state index in [4.69, 9.17) is 10.8 Å². The predicted octanol–water partition coefficient (Wildman–Crippen LogP) is 1.91. The number of hydrogen-bond donors (Lipinski definition) is 2. The lowest BCUT2D eigenvalue weighted by Crippen LogP contribution is -2.33. The third-order valence-corrected chi connectivity index (χ3v) is 2.55. The predicted molar refractivity (Wildman–Crippen MR) is 64.3 cm³/mol. The van der Waals surface area contributed by atoms with Crippen LogP contribution < -0.4 is 10.6 Å². The third kappa shape index (κ3) is 3.61. The van der Waals surface area contributed by atoms with Gasteiger partial charge in [-0.1, -0.05) is 6.07 Å². The van der Waals surface area contributed by atoms with E-state index in [2.05, 4.69) is 0 Å². The molecule has 1 aromatic rings. The van der Waals surface area contributed by atoms with Gasteiger partial charge >= 0.3 is 0 Å². The molecule has 3 nitrogen and oxygen atoms in total. The number of aliphatic hydroxyl groups is 1. The summed E-state index contributed by atoms with van der Waals surface area (Å²) in [5.74, 6) is -0.528. The van der Waals surface area contributed by atoms with E-state index in [1.54, 1.807) is 6.92 Å². The molecular formula is C12H17F3N2O. The summed E-state index contributed by atoms with van der Waals surface area (Å²) < 4.78 is 38.6. The van der Waals surface area contributed by atoms with Gasteiger partial charge in [-0.15, -0.1) is 0 Å². The topological polar surface area (TPSA) is 49.5 Å². The van der Waals surface area contributed by atoms with Gasteiger partial charge in [0.1, 0.15) is 5.82 Å². The molecule has 3 N–H and O–H groups in total. The van der Waals surface area contributed by atoms with Crippen molar-refractivity contribution in [2.75, 3.05) is 24.6 Å². The van der Waals surface area contributed by atoms with Crippen LogP contribution in [0.15, 0.2) is 18.2 Å². The largest absolute Gasteiger partial charge is 0.395 e. The second kappa shape index (κ2) is 6.61. The van der Waals surface area contributed by atoms with Gasteiger partial charge in [0.25, 0.3) is 6.43 Å². The molecule has 0 aliphatic carbocycles. The number of nitrogens with two attached hydrogens (primary N) is 1. The Labute approximate surface area is 104 Å². The van der Waals surface area contributed by atoms with Crippen molar-refractivity contribution in [3.63, 3.8) is 0 Å². The fraction of sp³-hybridized carbons (Fsp3) is 0.500. The van der Waals surface area contributed by atoms with E-state index in [0.29, 0.717) is 5.69 Å². The van der Waals surface area contributed by atoms with Crippen LogP contribution in [0.4, 0.5) is 18.9 Å². The molecule has 0 unspecified atom stereocenters. The Bertz CT molecular complexity index is 386. The van der Waals surface area contributed by atoms with Crippen LogP contribution in [0.2, 0.25) is 0 Å². The van der Waals surface area contributed by atoms with Crippen molar-refractivity contribution in [1.29, 1.82) is 0 Å². The molecule has 0 aliphatic heterocycles. The van der Waals surface area contributed by atoms with Gasteiger partial charge in [0.2, 0.25) is 0 Å². The molecule has 0 heterocycles. The summed E-state index contributed by atoms with van der Waals surface area (Å²) in [7, 11) is 0. The van der Waals surface area contributed by atoms with Crippen LogP contribution in [-0.4, -0.2) is 31.2 Å². The highest BCUT2D eigenvalue weighted by Gasteiger charge is 2.19. The fourth-order valence-corrected chi connectivity index (χ4v) is 1.85. The molecule has 18 heavy (non-hydrogen) atoms. The maximum absolute atomic E-state index is 13.7. The van der Waals surface area contributed by atoms with Gasteiger partial charge in [0.15, 0.2) is 0 Å². The molecule has 6 heteroatoms. The Balaban J connectivity index is 3.14. The van der Waals surface area contributed by atoms with Crippen molar-refractivity contribution < 1.29 is 18.3 Å². The molecule has 0 saturated heterocycles. The Morgan fingerprint density at radius 1 is 1.39 bits per heavy atom. The summed E-state index contributed by atoms with van der Waals surface area (Å²) in [5, 5.41) is 8.90. The first-order chi connectivity index (χ1) is 8.47. The maximum Gasteiger partial charge on any atom is 0.255 e. The number of nitrogens with zero attached hydrogens (tertiary/aromatic N) is 1. The zero-order valence-electron chi connectivity index (χ0n) is 10.1. The summed E-state index contributed by atoms with van der Waals surface area (Å²) in [5.41, 5.74) is 6.16. The van der Waals surface area contributed by atoms with Gasteiger partial charge < -0.3 is 15.7 Å². The van der Waals surface area contributed by atoms with Crippen molar-refractivity contribution in [3.8, 4) is 0 Å². The van der Waals surface area contributed by atoms with Crippen molar-refractivity contribution >= 4 is 5.69 Å². The lowest BCUT2D eigenvalue weighted by atomic mass is 10.0. The summed E-state index contributed by atoms with van der Waals surface area (Å²) in [6, 6.07) is 3.59. The van der Waals surface area contributed by atoms with Crippen molar-refractivity contribution in [3.05, 3.63) is 29.6 Å². The molecule has 1 rings (SSSR count). The summed E-state index contributed by atoms with van der Waals surface area (Å²) in [6.07, 6.45) is -2.57. The van der Waals surface area contributed by atoms with Gasteiger partial charge in [-0.3, -0.25) is 0 Å².